The van der Waals surface area contributed by atoms with Crippen LogP contribution in [0.4, 0.5) is 0 Å². The fourth-order valence-electron chi connectivity index (χ4n) is 1.51. The summed E-state index contributed by atoms with van der Waals surface area (Å²) in [6, 6.07) is 5.93. The van der Waals surface area contributed by atoms with Crippen molar-refractivity contribution in [3.8, 4) is 5.75 Å². The maximum Gasteiger partial charge on any atom is 0.150 e. The minimum absolute atomic E-state index is 0.359. The molecule has 1 nitrogen and oxygen atoms in total. The van der Waals surface area contributed by atoms with Gasteiger partial charge in [0, 0.05) is 4.91 Å². The van der Waals surface area contributed by atoms with Crippen LogP contribution in [0, 0.1) is 0 Å². The van der Waals surface area contributed by atoms with Crippen molar-refractivity contribution < 1.29 is 4.74 Å². The fraction of sp³-hybridized carbons (Fsp3) is 0.176. The molecule has 0 aromatic heterocycles. The van der Waals surface area contributed by atoms with E-state index in [4.69, 9.17) is 4.74 Å². The molecule has 0 saturated heterocycles. The molecule has 106 valence electrons. The Morgan fingerprint density at radius 2 is 1.75 bits per heavy atom. The van der Waals surface area contributed by atoms with Crippen LogP contribution in [0.15, 0.2) is 54.0 Å². The second-order valence-electron chi connectivity index (χ2n) is 4.45. The number of benzene rings is 1. The first-order valence-electron chi connectivity index (χ1n) is 6.20. The molecule has 20 heavy (non-hydrogen) atoms. The Morgan fingerprint density at radius 1 is 1.15 bits per heavy atom. The van der Waals surface area contributed by atoms with Gasteiger partial charge in [-0.15, -0.1) is 12.6 Å². The molecule has 0 aliphatic rings. The highest BCUT2D eigenvalue weighted by Crippen LogP contribution is 2.35. The van der Waals surface area contributed by atoms with Crippen molar-refractivity contribution in [2.45, 2.75) is 20.8 Å². The van der Waals surface area contributed by atoms with E-state index in [1.807, 2.05) is 26.0 Å². The molecule has 0 unspecified atom stereocenters. The van der Waals surface area contributed by atoms with Gasteiger partial charge in [-0.3, -0.25) is 0 Å². The summed E-state index contributed by atoms with van der Waals surface area (Å²) < 4.78 is 5.49. The van der Waals surface area contributed by atoms with E-state index < -0.39 is 0 Å². The van der Waals surface area contributed by atoms with Crippen LogP contribution in [-0.2, 0) is 0 Å². The van der Waals surface area contributed by atoms with Crippen molar-refractivity contribution in [2.24, 2.45) is 0 Å². The predicted octanol–water partition coefficient (Wildman–Crippen LogP) is 6.13. The Morgan fingerprint density at radius 3 is 2.25 bits per heavy atom. The van der Waals surface area contributed by atoms with Crippen LogP contribution < -0.4 is 4.74 Å². The molecule has 1 aromatic carbocycles. The van der Waals surface area contributed by atoms with Gasteiger partial charge < -0.3 is 4.74 Å². The second-order valence-corrected chi connectivity index (χ2v) is 6.29. The van der Waals surface area contributed by atoms with Crippen LogP contribution in [-0.4, -0.2) is 0 Å². The van der Waals surface area contributed by atoms with Gasteiger partial charge in [-0.2, -0.15) is 0 Å². The highest BCUT2D eigenvalue weighted by Gasteiger charge is 2.07. The molecule has 0 bridgehead atoms. The molecule has 3 heteroatoms. The number of allylic oxidation sites excluding steroid dienone is 3. The molecule has 0 aliphatic heterocycles. The third-order valence-electron chi connectivity index (χ3n) is 2.65. The predicted molar refractivity (Wildman–Crippen MR) is 96.0 cm³/mol. The van der Waals surface area contributed by atoms with Crippen LogP contribution in [0.3, 0.4) is 0 Å². The Balaban J connectivity index is 3.17. The molecule has 1 rings (SSSR count). The quantitative estimate of drug-likeness (QED) is 0.500. The molecule has 0 amide bonds. The normalized spacial score (nSPS) is 11.1. The van der Waals surface area contributed by atoms with Crippen LogP contribution in [0.5, 0.6) is 5.75 Å². The Labute approximate surface area is 131 Å². The van der Waals surface area contributed by atoms with Gasteiger partial charge in [0.1, 0.15) is 5.75 Å². The van der Waals surface area contributed by atoms with Crippen molar-refractivity contribution in [3.05, 3.63) is 65.1 Å². The maximum atomic E-state index is 5.49. The van der Waals surface area contributed by atoms with Crippen molar-refractivity contribution in [3.63, 3.8) is 0 Å². The van der Waals surface area contributed by atoms with Gasteiger partial charge in [0.15, 0.2) is 5.09 Å². The van der Waals surface area contributed by atoms with Crippen LogP contribution in [0.25, 0.3) is 10.5 Å². The SMILES string of the molecule is C=C(S)Oc1cc(C(=C)C)cc(C(=C)S/C(C)=C\C)c1. The molecule has 0 fully saturated rings. The van der Waals surface area contributed by atoms with E-state index in [-0.39, 0.29) is 0 Å². The zero-order valence-electron chi connectivity index (χ0n) is 12.2. The van der Waals surface area contributed by atoms with E-state index >= 15 is 0 Å². The number of hydrogen-bond donors (Lipinski definition) is 1. The van der Waals surface area contributed by atoms with Gasteiger partial charge in [-0.05, 0) is 61.6 Å². The number of thioether (sulfide) groups is 1. The smallest absolute Gasteiger partial charge is 0.150 e. The topological polar surface area (TPSA) is 9.23 Å². The molecule has 1 aromatic rings. The summed E-state index contributed by atoms with van der Waals surface area (Å²) in [7, 11) is 0. The van der Waals surface area contributed by atoms with Crippen LogP contribution in [0.1, 0.15) is 31.9 Å². The number of rotatable bonds is 6. The highest BCUT2D eigenvalue weighted by atomic mass is 32.2. The van der Waals surface area contributed by atoms with Gasteiger partial charge in [-0.1, -0.05) is 36.6 Å². The summed E-state index contributed by atoms with van der Waals surface area (Å²) in [5, 5.41) is 0.359. The number of thiol groups is 1. The standard InChI is InChI=1S/C17H20OS2/c1-7-12(4)20-13(5)16-8-15(11(2)3)9-17(10-16)18-14(6)19/h7-10,19H,2,5-6H2,1,3-4H3/b12-7-. The lowest BCUT2D eigenvalue weighted by Crippen LogP contribution is -1.91. The second kappa shape index (κ2) is 7.46. The lowest BCUT2D eigenvalue weighted by atomic mass is 10.0. The van der Waals surface area contributed by atoms with Crippen molar-refractivity contribution in [1.29, 1.82) is 0 Å². The Bertz CT molecular complexity index is 583. The summed E-state index contributed by atoms with van der Waals surface area (Å²) >= 11 is 5.72. The number of ether oxygens (including phenoxy) is 1. The number of hydrogen-bond acceptors (Lipinski definition) is 3. The first kappa shape index (κ1) is 16.7. The minimum Gasteiger partial charge on any atom is -0.451 e. The summed E-state index contributed by atoms with van der Waals surface area (Å²) in [6.45, 7) is 17.8. The largest absolute Gasteiger partial charge is 0.451 e. The lowest BCUT2D eigenvalue weighted by Gasteiger charge is -2.12. The average Bonchev–Trinajstić information content (AvgIpc) is 2.37. The lowest BCUT2D eigenvalue weighted by molar-refractivity contribution is 0.469. The van der Waals surface area contributed by atoms with Crippen LogP contribution in [0.2, 0.25) is 0 Å². The molecular weight excluding hydrogens is 284 g/mol. The maximum absolute atomic E-state index is 5.49. The monoisotopic (exact) mass is 304 g/mol. The van der Waals surface area contributed by atoms with Crippen molar-refractivity contribution in [2.75, 3.05) is 0 Å². The average molecular weight is 304 g/mol. The van der Waals surface area contributed by atoms with Crippen molar-refractivity contribution in [1.82, 2.24) is 0 Å². The van der Waals surface area contributed by atoms with Gasteiger partial charge in [0.05, 0.1) is 0 Å². The van der Waals surface area contributed by atoms with E-state index in [2.05, 4.69) is 51.4 Å². The first-order chi connectivity index (χ1) is 9.33. The molecule has 0 radical (unpaired) electrons. The first-order valence-corrected chi connectivity index (χ1v) is 7.46. The third kappa shape index (κ3) is 4.99. The third-order valence-corrected chi connectivity index (χ3v) is 3.78. The molecular formula is C17H20OS2. The van der Waals surface area contributed by atoms with Crippen LogP contribution >= 0.6 is 24.4 Å². The zero-order valence-corrected chi connectivity index (χ0v) is 13.9. The summed E-state index contributed by atoms with van der Waals surface area (Å²) in [5.74, 6) is 0.695. The Hall–Kier alpha value is -1.32. The minimum atomic E-state index is 0.359. The molecule has 0 N–H and O–H groups in total. The van der Waals surface area contributed by atoms with E-state index in [9.17, 15) is 0 Å². The summed E-state index contributed by atoms with van der Waals surface area (Å²) in [6.07, 6.45) is 2.06. The molecule has 0 saturated carbocycles. The zero-order chi connectivity index (χ0) is 15.3. The van der Waals surface area contributed by atoms with Gasteiger partial charge >= 0.3 is 0 Å². The summed E-state index contributed by atoms with van der Waals surface area (Å²) in [5.41, 5.74) is 3.01. The fourth-order valence-corrected chi connectivity index (χ4v) is 2.36. The summed E-state index contributed by atoms with van der Waals surface area (Å²) in [4.78, 5) is 2.18. The van der Waals surface area contributed by atoms with E-state index in [1.165, 1.54) is 4.91 Å². The molecule has 0 atom stereocenters. The van der Waals surface area contributed by atoms with E-state index in [1.54, 1.807) is 11.8 Å². The van der Waals surface area contributed by atoms with Gasteiger partial charge in [-0.25, -0.2) is 0 Å². The highest BCUT2D eigenvalue weighted by molar-refractivity contribution is 8.11. The molecule has 0 spiro atoms. The van der Waals surface area contributed by atoms with E-state index in [0.29, 0.717) is 10.8 Å². The molecule has 0 heterocycles. The van der Waals surface area contributed by atoms with Gasteiger partial charge in [0.25, 0.3) is 0 Å². The van der Waals surface area contributed by atoms with Gasteiger partial charge in [0.2, 0.25) is 0 Å². The van der Waals surface area contributed by atoms with E-state index in [0.717, 1.165) is 21.6 Å². The molecule has 0 aliphatic carbocycles. The Kier molecular flexibility index (Phi) is 6.24. The van der Waals surface area contributed by atoms with Crippen molar-refractivity contribution >= 4 is 34.9 Å².